The van der Waals surface area contributed by atoms with Gasteiger partial charge in [0.2, 0.25) is 11.6 Å². The molecule has 0 aliphatic heterocycles. The Bertz CT molecular complexity index is 824. The van der Waals surface area contributed by atoms with Crippen LogP contribution < -0.4 is 0 Å². The topological polar surface area (TPSA) is 93.5 Å². The standard InChI is InChI=1S/C15H12FN5O2/c16-12-3-1-10(2-4-12)8-21-6-5-11(9-21)13(22)7-14(23)15-17-19-20-18-15/h1-6,9H,7-8H2,(H,17,18,19,20). The van der Waals surface area contributed by atoms with Crippen molar-refractivity contribution in [2.75, 3.05) is 0 Å². The average molecular weight is 313 g/mol. The minimum absolute atomic E-state index is 0.107. The second-order valence-electron chi connectivity index (χ2n) is 4.96. The molecule has 0 aliphatic carbocycles. The molecular formula is C15H12FN5O2. The second kappa shape index (κ2) is 6.30. The van der Waals surface area contributed by atoms with E-state index in [4.69, 9.17) is 0 Å². The number of benzene rings is 1. The molecule has 23 heavy (non-hydrogen) atoms. The highest BCUT2D eigenvalue weighted by molar-refractivity contribution is 6.12. The summed E-state index contributed by atoms with van der Waals surface area (Å²) in [6.07, 6.45) is 3.06. The van der Waals surface area contributed by atoms with Crippen LogP contribution in [0.3, 0.4) is 0 Å². The zero-order valence-electron chi connectivity index (χ0n) is 11.9. The molecule has 0 saturated carbocycles. The van der Waals surface area contributed by atoms with Crippen LogP contribution in [0.4, 0.5) is 4.39 Å². The molecule has 1 N–H and O–H groups in total. The lowest BCUT2D eigenvalue weighted by Gasteiger charge is -2.02. The lowest BCUT2D eigenvalue weighted by atomic mass is 10.1. The van der Waals surface area contributed by atoms with E-state index < -0.39 is 5.78 Å². The van der Waals surface area contributed by atoms with Crippen LogP contribution in [-0.2, 0) is 6.54 Å². The molecule has 0 aliphatic rings. The number of H-pyrrole nitrogens is 1. The van der Waals surface area contributed by atoms with Crippen LogP contribution in [0, 0.1) is 5.82 Å². The van der Waals surface area contributed by atoms with Gasteiger partial charge in [-0.15, -0.1) is 10.2 Å². The number of carbonyl (C=O) groups excluding carboxylic acids is 2. The summed E-state index contributed by atoms with van der Waals surface area (Å²) in [4.78, 5) is 23.9. The number of Topliss-reactive ketones (excluding diaryl/α,β-unsaturated/α-hetero) is 2. The Labute approximate surface area is 130 Å². The summed E-state index contributed by atoms with van der Waals surface area (Å²) in [6.45, 7) is 0.506. The molecule has 0 bridgehead atoms. The SMILES string of the molecule is O=C(CC(=O)c1nn[nH]n1)c1ccn(Cc2ccc(F)cc2)c1. The Balaban J connectivity index is 1.65. The lowest BCUT2D eigenvalue weighted by molar-refractivity contribution is 0.0888. The summed E-state index contributed by atoms with van der Waals surface area (Å²) in [6, 6.07) is 7.76. The maximum absolute atomic E-state index is 12.9. The molecule has 116 valence electrons. The molecule has 1 aromatic carbocycles. The molecule has 0 spiro atoms. The van der Waals surface area contributed by atoms with Gasteiger partial charge in [-0.05, 0) is 29.0 Å². The van der Waals surface area contributed by atoms with Crippen molar-refractivity contribution in [3.8, 4) is 0 Å². The van der Waals surface area contributed by atoms with Gasteiger partial charge in [0, 0.05) is 24.5 Å². The predicted molar refractivity (Wildman–Crippen MR) is 77.4 cm³/mol. The van der Waals surface area contributed by atoms with Gasteiger partial charge in [0.1, 0.15) is 5.82 Å². The van der Waals surface area contributed by atoms with E-state index >= 15 is 0 Å². The number of nitrogens with one attached hydrogen (secondary N) is 1. The van der Waals surface area contributed by atoms with Gasteiger partial charge in [-0.3, -0.25) is 9.59 Å². The number of rotatable bonds is 6. The van der Waals surface area contributed by atoms with Crippen molar-refractivity contribution in [2.24, 2.45) is 0 Å². The van der Waals surface area contributed by atoms with Crippen molar-refractivity contribution >= 4 is 11.6 Å². The number of nitrogens with zero attached hydrogens (tertiary/aromatic N) is 4. The summed E-state index contributed by atoms with van der Waals surface area (Å²) in [7, 11) is 0. The van der Waals surface area contributed by atoms with Crippen LogP contribution in [0.15, 0.2) is 42.7 Å². The summed E-state index contributed by atoms with van der Waals surface area (Å²) >= 11 is 0. The van der Waals surface area contributed by atoms with E-state index in [1.54, 1.807) is 35.2 Å². The van der Waals surface area contributed by atoms with Crippen molar-refractivity contribution in [1.29, 1.82) is 0 Å². The number of aromatic amines is 1. The van der Waals surface area contributed by atoms with Crippen molar-refractivity contribution in [1.82, 2.24) is 25.2 Å². The summed E-state index contributed by atoms with van der Waals surface area (Å²) in [5, 5.41) is 12.5. The summed E-state index contributed by atoms with van der Waals surface area (Å²) in [5.41, 5.74) is 1.33. The maximum Gasteiger partial charge on any atom is 0.240 e. The van der Waals surface area contributed by atoms with Gasteiger partial charge in [-0.1, -0.05) is 12.1 Å². The highest BCUT2D eigenvalue weighted by Gasteiger charge is 2.17. The van der Waals surface area contributed by atoms with E-state index in [0.29, 0.717) is 12.1 Å². The van der Waals surface area contributed by atoms with Crippen LogP contribution in [0.5, 0.6) is 0 Å². The summed E-state index contributed by atoms with van der Waals surface area (Å²) in [5.74, 6) is -1.21. The van der Waals surface area contributed by atoms with E-state index in [0.717, 1.165) is 5.56 Å². The van der Waals surface area contributed by atoms with E-state index in [9.17, 15) is 14.0 Å². The molecule has 3 aromatic rings. The molecule has 8 heteroatoms. The fourth-order valence-electron chi connectivity index (χ4n) is 2.11. The predicted octanol–water partition coefficient (Wildman–Crippen LogP) is 1.64. The highest BCUT2D eigenvalue weighted by Crippen LogP contribution is 2.10. The van der Waals surface area contributed by atoms with E-state index in [1.807, 2.05) is 0 Å². The molecular weight excluding hydrogens is 301 g/mol. The molecule has 7 nitrogen and oxygen atoms in total. The van der Waals surface area contributed by atoms with Crippen LogP contribution in [0.2, 0.25) is 0 Å². The van der Waals surface area contributed by atoms with Gasteiger partial charge in [0.05, 0.1) is 6.42 Å². The fraction of sp³-hybridized carbons (Fsp3) is 0.133. The first-order chi connectivity index (χ1) is 11.1. The molecule has 3 rings (SSSR count). The van der Waals surface area contributed by atoms with Crippen LogP contribution in [0.1, 0.15) is 33.0 Å². The quantitative estimate of drug-likeness (QED) is 0.551. The van der Waals surface area contributed by atoms with Crippen molar-refractivity contribution in [3.63, 3.8) is 0 Å². The molecule has 0 fully saturated rings. The first kappa shape index (κ1) is 14.8. The van der Waals surface area contributed by atoms with E-state index in [1.165, 1.54) is 12.1 Å². The van der Waals surface area contributed by atoms with Gasteiger partial charge >= 0.3 is 0 Å². The molecule has 0 unspecified atom stereocenters. The van der Waals surface area contributed by atoms with Gasteiger partial charge in [0.25, 0.3) is 0 Å². The number of halogens is 1. The van der Waals surface area contributed by atoms with Gasteiger partial charge < -0.3 is 4.57 Å². The maximum atomic E-state index is 12.9. The fourth-order valence-corrected chi connectivity index (χ4v) is 2.11. The molecule has 0 radical (unpaired) electrons. The third-order valence-electron chi connectivity index (χ3n) is 3.27. The highest BCUT2D eigenvalue weighted by atomic mass is 19.1. The number of tetrazole rings is 1. The Morgan fingerprint density at radius 1 is 1.13 bits per heavy atom. The van der Waals surface area contributed by atoms with Gasteiger partial charge in [-0.2, -0.15) is 5.21 Å². The third-order valence-corrected chi connectivity index (χ3v) is 3.27. The zero-order chi connectivity index (χ0) is 16.2. The molecule has 0 saturated heterocycles. The van der Waals surface area contributed by atoms with E-state index in [-0.39, 0.29) is 23.8 Å². The zero-order valence-corrected chi connectivity index (χ0v) is 11.9. The number of hydrogen-bond acceptors (Lipinski definition) is 5. The first-order valence-corrected chi connectivity index (χ1v) is 6.82. The van der Waals surface area contributed by atoms with Crippen molar-refractivity contribution in [2.45, 2.75) is 13.0 Å². The smallest absolute Gasteiger partial charge is 0.240 e. The van der Waals surface area contributed by atoms with Crippen molar-refractivity contribution < 1.29 is 14.0 Å². The number of aromatic nitrogens is 5. The molecule has 2 aromatic heterocycles. The minimum Gasteiger partial charge on any atom is -0.349 e. The Morgan fingerprint density at radius 3 is 2.61 bits per heavy atom. The van der Waals surface area contributed by atoms with Crippen LogP contribution >= 0.6 is 0 Å². The van der Waals surface area contributed by atoms with Gasteiger partial charge in [-0.25, -0.2) is 4.39 Å². The third kappa shape index (κ3) is 3.54. The number of ketones is 2. The Kier molecular flexibility index (Phi) is 4.05. The Hall–Kier alpha value is -3.16. The van der Waals surface area contributed by atoms with E-state index in [2.05, 4.69) is 20.6 Å². The number of carbonyl (C=O) groups is 2. The average Bonchev–Trinajstić information content (AvgIpc) is 3.21. The van der Waals surface area contributed by atoms with Crippen molar-refractivity contribution in [3.05, 3.63) is 65.5 Å². The van der Waals surface area contributed by atoms with Gasteiger partial charge in [0.15, 0.2) is 5.78 Å². The lowest BCUT2D eigenvalue weighted by Crippen LogP contribution is -2.10. The normalized spacial score (nSPS) is 10.7. The molecule has 0 atom stereocenters. The first-order valence-electron chi connectivity index (χ1n) is 6.82. The minimum atomic E-state index is -0.491. The van der Waals surface area contributed by atoms with Crippen LogP contribution in [0.25, 0.3) is 0 Å². The largest absolute Gasteiger partial charge is 0.349 e. The number of hydrogen-bond donors (Lipinski definition) is 1. The molecule has 2 heterocycles. The Morgan fingerprint density at radius 2 is 1.91 bits per heavy atom. The molecule has 0 amide bonds. The monoisotopic (exact) mass is 313 g/mol. The van der Waals surface area contributed by atoms with Crippen LogP contribution in [-0.4, -0.2) is 36.8 Å². The summed E-state index contributed by atoms with van der Waals surface area (Å²) < 4.78 is 14.7. The second-order valence-corrected chi connectivity index (χ2v) is 4.96.